The van der Waals surface area contributed by atoms with Crippen LogP contribution in [-0.4, -0.2) is 9.32 Å². The Morgan fingerprint density at radius 1 is 1.50 bits per heavy atom. The van der Waals surface area contributed by atoms with Gasteiger partial charge in [0.15, 0.2) is 0 Å². The quantitative estimate of drug-likeness (QED) is 0.508. The summed E-state index contributed by atoms with van der Waals surface area (Å²) in [5, 5.41) is 0.0961. The molecule has 4 nitrogen and oxygen atoms in total. The molecule has 0 saturated carbocycles. The van der Waals surface area contributed by atoms with Gasteiger partial charge in [-0.25, -0.2) is 4.79 Å². The van der Waals surface area contributed by atoms with Crippen LogP contribution >= 0.6 is 21.0 Å². The standard InChI is InChI=1S/C4H4ClN2O2P.C2H6/c5-2-1-3(8)6-4(9)7(2)10;1-2/h1H,10H2,(H,6,8,9);1-2H3. The highest BCUT2D eigenvalue weighted by Crippen LogP contribution is 2.02. The van der Waals surface area contributed by atoms with Crippen molar-refractivity contribution in [3.05, 3.63) is 32.1 Å². The number of nitrogens with zero attached hydrogens (tertiary/aromatic N) is 1. The third-order valence-electron chi connectivity index (χ3n) is 0.929. The molecule has 0 amide bonds. The second-order valence-electron chi connectivity index (χ2n) is 1.63. The Kier molecular flexibility index (Phi) is 4.86. The van der Waals surface area contributed by atoms with Gasteiger partial charge in [0.25, 0.3) is 5.56 Å². The molecule has 0 saturated heterocycles. The Balaban J connectivity index is 0.000000561. The van der Waals surface area contributed by atoms with E-state index in [4.69, 9.17) is 11.6 Å². The summed E-state index contributed by atoms with van der Waals surface area (Å²) >= 11 is 5.44. The highest BCUT2D eigenvalue weighted by Gasteiger charge is 1.96. The molecule has 12 heavy (non-hydrogen) atoms. The summed E-state index contributed by atoms with van der Waals surface area (Å²) in [6.07, 6.45) is 0. The van der Waals surface area contributed by atoms with Gasteiger partial charge in [-0.15, -0.1) is 0 Å². The van der Waals surface area contributed by atoms with Crippen molar-refractivity contribution < 1.29 is 0 Å². The molecule has 1 atom stereocenters. The van der Waals surface area contributed by atoms with Crippen molar-refractivity contribution in [1.29, 1.82) is 0 Å². The minimum atomic E-state index is -0.539. The number of rotatable bonds is 0. The van der Waals surface area contributed by atoms with Crippen LogP contribution in [0.5, 0.6) is 0 Å². The van der Waals surface area contributed by atoms with Gasteiger partial charge in [-0.05, 0) is 9.39 Å². The number of nitrogens with one attached hydrogen (secondary N) is 1. The van der Waals surface area contributed by atoms with E-state index in [0.717, 1.165) is 10.4 Å². The number of halogens is 1. The van der Waals surface area contributed by atoms with E-state index in [9.17, 15) is 9.59 Å². The first kappa shape index (κ1) is 11.4. The average Bonchev–Trinajstić information content (AvgIpc) is 2.04. The molecular formula is C6H10ClN2O2P. The van der Waals surface area contributed by atoms with Crippen LogP contribution < -0.4 is 11.2 Å². The number of hydrogen-bond acceptors (Lipinski definition) is 2. The molecule has 0 spiro atoms. The number of aromatic amines is 1. The van der Waals surface area contributed by atoms with Gasteiger partial charge >= 0.3 is 5.69 Å². The largest absolute Gasteiger partial charge is 0.332 e. The Morgan fingerprint density at radius 2 is 2.00 bits per heavy atom. The SMILES string of the molecule is CC.O=c1cc(Cl)n(P)c(=O)[nH]1. The molecular weight excluding hydrogens is 199 g/mol. The predicted octanol–water partition coefficient (Wildman–Crippen LogP) is 0.854. The fourth-order valence-electron chi connectivity index (χ4n) is 0.476. The van der Waals surface area contributed by atoms with E-state index in [-0.39, 0.29) is 5.15 Å². The Morgan fingerprint density at radius 3 is 2.42 bits per heavy atom. The summed E-state index contributed by atoms with van der Waals surface area (Å²) in [7, 11) is 2.07. The first-order valence-electron chi connectivity index (χ1n) is 3.38. The van der Waals surface area contributed by atoms with Gasteiger partial charge in [0, 0.05) is 6.07 Å². The Labute approximate surface area is 76.8 Å². The molecule has 0 aliphatic heterocycles. The van der Waals surface area contributed by atoms with Crippen molar-refractivity contribution in [3.63, 3.8) is 0 Å². The predicted molar refractivity (Wildman–Crippen MR) is 52.8 cm³/mol. The monoisotopic (exact) mass is 208 g/mol. The fourth-order valence-corrected chi connectivity index (χ4v) is 0.791. The zero-order valence-electron chi connectivity index (χ0n) is 6.80. The van der Waals surface area contributed by atoms with Crippen LogP contribution in [0.2, 0.25) is 5.15 Å². The summed E-state index contributed by atoms with van der Waals surface area (Å²) in [4.78, 5) is 23.2. The molecule has 1 unspecified atom stereocenters. The van der Waals surface area contributed by atoms with Gasteiger partial charge in [0.2, 0.25) is 0 Å². The Bertz CT molecular complexity index is 357. The minimum Gasteiger partial charge on any atom is -0.274 e. The first-order chi connectivity index (χ1) is 5.61. The molecule has 68 valence electrons. The van der Waals surface area contributed by atoms with E-state index in [1.165, 1.54) is 0 Å². The molecule has 0 bridgehead atoms. The van der Waals surface area contributed by atoms with E-state index in [1.54, 1.807) is 0 Å². The van der Waals surface area contributed by atoms with Crippen LogP contribution in [0.25, 0.3) is 0 Å². The van der Waals surface area contributed by atoms with Gasteiger partial charge in [0.05, 0.1) is 0 Å². The average molecular weight is 209 g/mol. The van der Waals surface area contributed by atoms with Gasteiger partial charge in [-0.1, -0.05) is 25.4 Å². The van der Waals surface area contributed by atoms with Crippen LogP contribution in [-0.2, 0) is 0 Å². The summed E-state index contributed by atoms with van der Waals surface area (Å²) in [6.45, 7) is 4.00. The van der Waals surface area contributed by atoms with Gasteiger partial charge < -0.3 is 0 Å². The lowest BCUT2D eigenvalue weighted by molar-refractivity contribution is 0.990. The smallest absolute Gasteiger partial charge is 0.274 e. The van der Waals surface area contributed by atoms with E-state index in [0.29, 0.717) is 0 Å². The van der Waals surface area contributed by atoms with Crippen molar-refractivity contribution in [2.45, 2.75) is 13.8 Å². The molecule has 1 aromatic rings. The van der Waals surface area contributed by atoms with Crippen LogP contribution in [0.15, 0.2) is 15.7 Å². The molecule has 6 heteroatoms. The zero-order chi connectivity index (χ0) is 9.72. The molecule has 0 aliphatic rings. The highest BCUT2D eigenvalue weighted by molar-refractivity contribution is 7.14. The van der Waals surface area contributed by atoms with E-state index < -0.39 is 11.2 Å². The maximum Gasteiger partial charge on any atom is 0.332 e. The number of H-pyrrole nitrogens is 1. The van der Waals surface area contributed by atoms with Crippen molar-refractivity contribution in [1.82, 2.24) is 9.32 Å². The van der Waals surface area contributed by atoms with Crippen molar-refractivity contribution in [2.75, 3.05) is 0 Å². The van der Waals surface area contributed by atoms with Crippen LogP contribution in [0.3, 0.4) is 0 Å². The second kappa shape index (κ2) is 5.12. The third-order valence-corrected chi connectivity index (χ3v) is 1.90. The minimum absolute atomic E-state index is 0.0961. The summed E-state index contributed by atoms with van der Waals surface area (Å²) in [6, 6.07) is 1.12. The lowest BCUT2D eigenvalue weighted by atomic mass is 10.7. The van der Waals surface area contributed by atoms with Gasteiger partial charge in [0.1, 0.15) is 5.15 Å². The van der Waals surface area contributed by atoms with Crippen molar-refractivity contribution >= 4 is 21.0 Å². The van der Waals surface area contributed by atoms with Crippen molar-refractivity contribution in [2.24, 2.45) is 0 Å². The van der Waals surface area contributed by atoms with Crippen LogP contribution in [0.1, 0.15) is 13.8 Å². The molecule has 1 rings (SSSR count). The van der Waals surface area contributed by atoms with Crippen LogP contribution in [0, 0.1) is 0 Å². The molecule has 0 aromatic carbocycles. The lowest BCUT2D eigenvalue weighted by Gasteiger charge is -1.95. The molecule has 1 aromatic heterocycles. The third kappa shape index (κ3) is 2.80. The van der Waals surface area contributed by atoms with E-state index in [1.807, 2.05) is 18.8 Å². The normalized spacial score (nSPS) is 8.67. The second-order valence-corrected chi connectivity index (χ2v) is 2.54. The maximum atomic E-state index is 10.7. The number of aromatic nitrogens is 2. The van der Waals surface area contributed by atoms with Crippen molar-refractivity contribution in [3.8, 4) is 0 Å². The molecule has 0 fully saturated rings. The van der Waals surface area contributed by atoms with E-state index >= 15 is 0 Å². The van der Waals surface area contributed by atoms with Gasteiger partial charge in [-0.2, -0.15) is 0 Å². The fraction of sp³-hybridized carbons (Fsp3) is 0.333. The lowest BCUT2D eigenvalue weighted by Crippen LogP contribution is -2.24. The zero-order valence-corrected chi connectivity index (χ0v) is 8.71. The number of hydrogen-bond donors (Lipinski definition) is 1. The molecule has 1 heterocycles. The summed E-state index contributed by atoms with van der Waals surface area (Å²) < 4.78 is 1.06. The van der Waals surface area contributed by atoms with E-state index in [2.05, 4.69) is 9.39 Å². The van der Waals surface area contributed by atoms with Crippen LogP contribution in [0.4, 0.5) is 0 Å². The molecule has 0 aliphatic carbocycles. The molecule has 1 N–H and O–H groups in total. The van der Waals surface area contributed by atoms with Gasteiger partial charge in [-0.3, -0.25) is 14.1 Å². The molecule has 0 radical (unpaired) electrons. The first-order valence-corrected chi connectivity index (χ1v) is 4.27. The summed E-state index contributed by atoms with van der Waals surface area (Å²) in [5.41, 5.74) is -1.03. The summed E-state index contributed by atoms with van der Waals surface area (Å²) in [5.74, 6) is 0. The maximum absolute atomic E-state index is 10.7. The topological polar surface area (TPSA) is 54.9 Å². The Hall–Kier alpha value is -0.600. The highest BCUT2D eigenvalue weighted by atomic mass is 35.5.